The van der Waals surface area contributed by atoms with Gasteiger partial charge in [0.15, 0.2) is 6.10 Å². The molecule has 0 aromatic rings. The molecular formula is C7H9O3. The highest BCUT2D eigenvalue weighted by atomic mass is 16.6. The van der Waals surface area contributed by atoms with Crippen LogP contribution in [0.4, 0.5) is 0 Å². The van der Waals surface area contributed by atoms with Crippen molar-refractivity contribution in [2.24, 2.45) is 11.8 Å². The van der Waals surface area contributed by atoms with Crippen LogP contribution in [0.3, 0.4) is 0 Å². The van der Waals surface area contributed by atoms with Crippen LogP contribution in [0.5, 0.6) is 0 Å². The molecule has 0 bridgehead atoms. The van der Waals surface area contributed by atoms with Crippen molar-refractivity contribution in [3.8, 4) is 0 Å². The van der Waals surface area contributed by atoms with Crippen LogP contribution in [-0.4, -0.2) is 18.4 Å². The SMILES string of the molecule is CC(C)C1C(=O)OC1[C]=O. The number of cyclic esters (lactones) is 1. The van der Waals surface area contributed by atoms with Gasteiger partial charge in [-0.2, -0.15) is 0 Å². The Kier molecular flexibility index (Phi) is 1.74. The van der Waals surface area contributed by atoms with E-state index in [1.807, 2.05) is 13.8 Å². The minimum Gasteiger partial charge on any atom is -0.453 e. The molecule has 0 spiro atoms. The minimum atomic E-state index is -0.604. The van der Waals surface area contributed by atoms with Gasteiger partial charge in [0.25, 0.3) is 0 Å². The molecule has 3 nitrogen and oxygen atoms in total. The van der Waals surface area contributed by atoms with Crippen molar-refractivity contribution in [1.82, 2.24) is 0 Å². The van der Waals surface area contributed by atoms with E-state index in [1.165, 1.54) is 0 Å². The molecule has 1 aliphatic heterocycles. The number of carbonyl (C=O) groups excluding carboxylic acids is 2. The molecule has 2 atom stereocenters. The van der Waals surface area contributed by atoms with Gasteiger partial charge in [0.1, 0.15) is 5.92 Å². The highest BCUT2D eigenvalue weighted by Crippen LogP contribution is 2.27. The lowest BCUT2D eigenvalue weighted by molar-refractivity contribution is -0.179. The highest BCUT2D eigenvalue weighted by molar-refractivity contribution is 5.86. The van der Waals surface area contributed by atoms with Crippen molar-refractivity contribution in [2.45, 2.75) is 20.0 Å². The molecule has 0 aliphatic carbocycles. The first kappa shape index (κ1) is 7.25. The first-order valence-electron chi connectivity index (χ1n) is 3.25. The van der Waals surface area contributed by atoms with E-state index in [2.05, 4.69) is 4.74 Å². The molecule has 0 aromatic heterocycles. The fraction of sp³-hybridized carbons (Fsp3) is 0.714. The van der Waals surface area contributed by atoms with Crippen LogP contribution >= 0.6 is 0 Å². The van der Waals surface area contributed by atoms with Crippen molar-refractivity contribution >= 4 is 12.3 Å². The van der Waals surface area contributed by atoms with E-state index in [9.17, 15) is 9.59 Å². The van der Waals surface area contributed by atoms with Gasteiger partial charge in [-0.05, 0) is 5.92 Å². The number of carbonyl (C=O) groups is 1. The van der Waals surface area contributed by atoms with Gasteiger partial charge in [0.2, 0.25) is 6.29 Å². The Morgan fingerprint density at radius 3 is 2.40 bits per heavy atom. The second kappa shape index (κ2) is 2.40. The maximum Gasteiger partial charge on any atom is 0.314 e. The lowest BCUT2D eigenvalue weighted by Gasteiger charge is -2.33. The Labute approximate surface area is 59.4 Å². The smallest absolute Gasteiger partial charge is 0.314 e. The van der Waals surface area contributed by atoms with E-state index < -0.39 is 6.10 Å². The predicted molar refractivity (Wildman–Crippen MR) is 33.9 cm³/mol. The molecule has 0 N–H and O–H groups in total. The van der Waals surface area contributed by atoms with E-state index in [0.717, 1.165) is 0 Å². The lowest BCUT2D eigenvalue weighted by atomic mass is 9.87. The molecule has 1 aliphatic rings. The summed E-state index contributed by atoms with van der Waals surface area (Å²) in [5.74, 6) is -0.353. The van der Waals surface area contributed by atoms with Crippen LogP contribution in [0, 0.1) is 11.8 Å². The maximum atomic E-state index is 10.6. The van der Waals surface area contributed by atoms with Crippen molar-refractivity contribution < 1.29 is 14.3 Å². The zero-order valence-corrected chi connectivity index (χ0v) is 5.96. The first-order chi connectivity index (χ1) is 4.66. The molecule has 1 fully saturated rings. The molecule has 0 amide bonds. The Hall–Kier alpha value is -0.860. The summed E-state index contributed by atoms with van der Waals surface area (Å²) < 4.78 is 4.50. The topological polar surface area (TPSA) is 43.4 Å². The summed E-state index contributed by atoms with van der Waals surface area (Å²) in [5.41, 5.74) is 0. The molecule has 3 heteroatoms. The average Bonchev–Trinajstić information content (AvgIpc) is 1.80. The van der Waals surface area contributed by atoms with Crippen LogP contribution in [0.25, 0.3) is 0 Å². The first-order valence-corrected chi connectivity index (χ1v) is 3.25. The van der Waals surface area contributed by atoms with E-state index in [-0.39, 0.29) is 17.8 Å². The number of hydrogen-bond acceptors (Lipinski definition) is 3. The third kappa shape index (κ3) is 0.916. The number of esters is 1. The molecule has 0 aromatic carbocycles. The number of rotatable bonds is 2. The van der Waals surface area contributed by atoms with Gasteiger partial charge >= 0.3 is 5.97 Å². The van der Waals surface area contributed by atoms with Gasteiger partial charge in [0.05, 0.1) is 0 Å². The summed E-state index contributed by atoms with van der Waals surface area (Å²) in [7, 11) is 0. The second-order valence-electron chi connectivity index (χ2n) is 2.75. The molecule has 0 saturated carbocycles. The predicted octanol–water partition coefficient (Wildman–Crippen LogP) is 0.294. The third-order valence-corrected chi connectivity index (χ3v) is 1.68. The molecule has 1 radical (unpaired) electrons. The lowest BCUT2D eigenvalue weighted by Crippen LogP contribution is -2.48. The zero-order valence-electron chi connectivity index (χ0n) is 5.96. The number of hydrogen-bond donors (Lipinski definition) is 0. The largest absolute Gasteiger partial charge is 0.453 e. The standard InChI is InChI=1S/C7H9O3/c1-4(2)6-5(3-8)10-7(6)9/h4-6H,1-2H3. The van der Waals surface area contributed by atoms with Crippen LogP contribution < -0.4 is 0 Å². The molecule has 1 heterocycles. The van der Waals surface area contributed by atoms with E-state index >= 15 is 0 Å². The van der Waals surface area contributed by atoms with Crippen LogP contribution in [0.15, 0.2) is 0 Å². The van der Waals surface area contributed by atoms with E-state index in [0.29, 0.717) is 0 Å². The minimum absolute atomic E-state index is 0.174. The van der Waals surface area contributed by atoms with Crippen LogP contribution in [0.2, 0.25) is 0 Å². The van der Waals surface area contributed by atoms with E-state index in [4.69, 9.17) is 0 Å². The average molecular weight is 141 g/mol. The van der Waals surface area contributed by atoms with Crippen molar-refractivity contribution in [3.05, 3.63) is 0 Å². The Balaban J connectivity index is 2.55. The van der Waals surface area contributed by atoms with Gasteiger partial charge < -0.3 is 4.74 Å². The summed E-state index contributed by atoms with van der Waals surface area (Å²) in [6, 6.07) is 0. The molecule has 10 heavy (non-hydrogen) atoms. The van der Waals surface area contributed by atoms with Crippen molar-refractivity contribution in [1.29, 1.82) is 0 Å². The molecule has 2 unspecified atom stereocenters. The molecule has 1 saturated heterocycles. The van der Waals surface area contributed by atoms with Gasteiger partial charge in [-0.1, -0.05) is 13.8 Å². The summed E-state index contributed by atoms with van der Waals surface area (Å²) in [6.07, 6.45) is 1.07. The summed E-state index contributed by atoms with van der Waals surface area (Å²) in [6.45, 7) is 3.77. The fourth-order valence-electron chi connectivity index (χ4n) is 1.05. The Bertz CT molecular complexity index is 162. The van der Waals surface area contributed by atoms with Crippen LogP contribution in [-0.2, 0) is 14.3 Å². The highest BCUT2D eigenvalue weighted by Gasteiger charge is 2.44. The summed E-state index contributed by atoms with van der Waals surface area (Å²) in [4.78, 5) is 20.7. The second-order valence-corrected chi connectivity index (χ2v) is 2.75. The maximum absolute atomic E-state index is 10.6. The Morgan fingerprint density at radius 1 is 1.60 bits per heavy atom. The van der Waals surface area contributed by atoms with Gasteiger partial charge in [-0.25, -0.2) is 0 Å². The monoisotopic (exact) mass is 141 g/mol. The van der Waals surface area contributed by atoms with Crippen LogP contribution in [0.1, 0.15) is 13.8 Å². The summed E-state index contributed by atoms with van der Waals surface area (Å²) >= 11 is 0. The molecule has 55 valence electrons. The van der Waals surface area contributed by atoms with Gasteiger partial charge in [-0.3, -0.25) is 9.59 Å². The van der Waals surface area contributed by atoms with Crippen molar-refractivity contribution in [3.63, 3.8) is 0 Å². The van der Waals surface area contributed by atoms with Crippen molar-refractivity contribution in [2.75, 3.05) is 0 Å². The van der Waals surface area contributed by atoms with Gasteiger partial charge in [0, 0.05) is 0 Å². The normalized spacial score (nSPS) is 31.3. The van der Waals surface area contributed by atoms with E-state index in [1.54, 1.807) is 6.29 Å². The zero-order chi connectivity index (χ0) is 7.72. The fourth-order valence-corrected chi connectivity index (χ4v) is 1.05. The Morgan fingerprint density at radius 2 is 2.20 bits per heavy atom. The molecule has 1 rings (SSSR count). The quantitative estimate of drug-likeness (QED) is 0.519. The number of ether oxygens (including phenoxy) is 1. The summed E-state index contributed by atoms with van der Waals surface area (Å²) in [5, 5.41) is 0. The molecular weight excluding hydrogens is 132 g/mol. The van der Waals surface area contributed by atoms with Gasteiger partial charge in [-0.15, -0.1) is 0 Å². The third-order valence-electron chi connectivity index (χ3n) is 1.68.